The minimum atomic E-state index is 0.720. The SMILES string of the molecule is C/C=C/CCCCC=O.CC. The van der Waals surface area contributed by atoms with Crippen molar-refractivity contribution in [2.45, 2.75) is 46.5 Å². The Kier molecular flexibility index (Phi) is 19.2. The zero-order valence-electron chi connectivity index (χ0n) is 7.97. The van der Waals surface area contributed by atoms with Crippen molar-refractivity contribution in [1.82, 2.24) is 0 Å². The van der Waals surface area contributed by atoms with Gasteiger partial charge in [-0.1, -0.05) is 26.0 Å². The summed E-state index contributed by atoms with van der Waals surface area (Å²) in [7, 11) is 0. The Morgan fingerprint density at radius 3 is 2.09 bits per heavy atom. The minimum absolute atomic E-state index is 0.720. The van der Waals surface area contributed by atoms with Crippen molar-refractivity contribution in [3.8, 4) is 0 Å². The predicted octanol–water partition coefficient (Wildman–Crippen LogP) is 3.35. The van der Waals surface area contributed by atoms with E-state index in [9.17, 15) is 4.79 Å². The molecule has 0 aliphatic heterocycles. The second-order valence-electron chi connectivity index (χ2n) is 2.02. The molecule has 0 aliphatic rings. The van der Waals surface area contributed by atoms with Crippen molar-refractivity contribution in [3.63, 3.8) is 0 Å². The van der Waals surface area contributed by atoms with E-state index in [1.165, 1.54) is 0 Å². The Labute approximate surface area is 70.5 Å². The summed E-state index contributed by atoms with van der Waals surface area (Å²) >= 11 is 0. The molecule has 11 heavy (non-hydrogen) atoms. The maximum Gasteiger partial charge on any atom is 0.119 e. The first-order valence-electron chi connectivity index (χ1n) is 4.46. The molecule has 0 aliphatic carbocycles. The van der Waals surface area contributed by atoms with Crippen LogP contribution in [0.15, 0.2) is 12.2 Å². The number of carbonyl (C=O) groups excluding carboxylic acids is 1. The molecule has 1 nitrogen and oxygen atoms in total. The van der Waals surface area contributed by atoms with E-state index >= 15 is 0 Å². The number of rotatable bonds is 5. The van der Waals surface area contributed by atoms with Crippen LogP contribution in [0, 0.1) is 0 Å². The van der Waals surface area contributed by atoms with Gasteiger partial charge in [-0.25, -0.2) is 0 Å². The van der Waals surface area contributed by atoms with Crippen LogP contribution >= 0.6 is 0 Å². The predicted molar refractivity (Wildman–Crippen MR) is 50.7 cm³/mol. The lowest BCUT2D eigenvalue weighted by Gasteiger charge is -1.88. The molecule has 0 fully saturated rings. The summed E-state index contributed by atoms with van der Waals surface area (Å²) in [5, 5.41) is 0. The maximum atomic E-state index is 9.82. The van der Waals surface area contributed by atoms with Crippen molar-refractivity contribution in [1.29, 1.82) is 0 Å². The first-order valence-corrected chi connectivity index (χ1v) is 4.46. The maximum absolute atomic E-state index is 9.82. The van der Waals surface area contributed by atoms with Crippen molar-refractivity contribution in [2.75, 3.05) is 0 Å². The van der Waals surface area contributed by atoms with Crippen LogP contribution in [0.25, 0.3) is 0 Å². The van der Waals surface area contributed by atoms with Gasteiger partial charge in [-0.2, -0.15) is 0 Å². The van der Waals surface area contributed by atoms with Crippen LogP contribution in [-0.2, 0) is 4.79 Å². The van der Waals surface area contributed by atoms with Crippen molar-refractivity contribution in [3.05, 3.63) is 12.2 Å². The summed E-state index contributed by atoms with van der Waals surface area (Å²) in [4.78, 5) is 9.82. The average molecular weight is 156 g/mol. The highest BCUT2D eigenvalue weighted by molar-refractivity contribution is 5.48. The number of unbranched alkanes of at least 4 members (excludes halogenated alkanes) is 3. The average Bonchev–Trinajstić information content (AvgIpc) is 2.08. The normalized spacial score (nSPS) is 9.00. The Morgan fingerprint density at radius 1 is 1.09 bits per heavy atom. The van der Waals surface area contributed by atoms with Gasteiger partial charge in [0.2, 0.25) is 0 Å². The smallest absolute Gasteiger partial charge is 0.119 e. The zero-order chi connectivity index (χ0) is 8.95. The molecule has 0 rings (SSSR count). The number of hydrogen-bond donors (Lipinski definition) is 0. The number of hydrogen-bond acceptors (Lipinski definition) is 1. The van der Waals surface area contributed by atoms with Crippen molar-refractivity contribution in [2.24, 2.45) is 0 Å². The van der Waals surface area contributed by atoms with E-state index in [-0.39, 0.29) is 0 Å². The Morgan fingerprint density at radius 2 is 1.64 bits per heavy atom. The molecular weight excluding hydrogens is 136 g/mol. The Balaban J connectivity index is 0. The minimum Gasteiger partial charge on any atom is -0.303 e. The van der Waals surface area contributed by atoms with Crippen LogP contribution in [0.3, 0.4) is 0 Å². The van der Waals surface area contributed by atoms with E-state index in [0.717, 1.165) is 32.0 Å². The number of aldehydes is 1. The lowest BCUT2D eigenvalue weighted by molar-refractivity contribution is -0.107. The third kappa shape index (κ3) is 17.7. The fourth-order valence-electron chi connectivity index (χ4n) is 0.657. The molecule has 0 aromatic carbocycles. The van der Waals surface area contributed by atoms with Gasteiger partial charge in [0.05, 0.1) is 0 Å². The van der Waals surface area contributed by atoms with E-state index in [0.29, 0.717) is 0 Å². The van der Waals surface area contributed by atoms with E-state index in [1.807, 2.05) is 26.8 Å². The van der Waals surface area contributed by atoms with Crippen LogP contribution in [0.1, 0.15) is 46.5 Å². The van der Waals surface area contributed by atoms with Gasteiger partial charge in [0.25, 0.3) is 0 Å². The Bertz CT molecular complexity index is 84.9. The summed E-state index contributed by atoms with van der Waals surface area (Å²) in [6, 6.07) is 0. The standard InChI is InChI=1S/C8H14O.C2H6/c1-2-3-4-5-6-7-8-9;1-2/h2-3,8H,4-7H2,1H3;1-2H3/b3-2+;. The van der Waals surface area contributed by atoms with Gasteiger partial charge < -0.3 is 4.79 Å². The molecular formula is C10H20O. The van der Waals surface area contributed by atoms with Crippen LogP contribution in [0.5, 0.6) is 0 Å². The largest absolute Gasteiger partial charge is 0.303 e. The molecule has 0 saturated carbocycles. The number of carbonyl (C=O) groups is 1. The van der Waals surface area contributed by atoms with Crippen LogP contribution < -0.4 is 0 Å². The summed E-state index contributed by atoms with van der Waals surface area (Å²) < 4.78 is 0. The quantitative estimate of drug-likeness (QED) is 0.339. The molecule has 0 aromatic heterocycles. The van der Waals surface area contributed by atoms with Gasteiger partial charge in [-0.05, 0) is 26.2 Å². The highest BCUT2D eigenvalue weighted by atomic mass is 16.1. The molecule has 66 valence electrons. The van der Waals surface area contributed by atoms with Gasteiger partial charge in [0.1, 0.15) is 6.29 Å². The molecule has 1 heteroatoms. The summed E-state index contributed by atoms with van der Waals surface area (Å²) in [6.07, 6.45) is 9.17. The molecule has 0 radical (unpaired) electrons. The monoisotopic (exact) mass is 156 g/mol. The molecule has 0 bridgehead atoms. The fourth-order valence-corrected chi connectivity index (χ4v) is 0.657. The molecule has 0 amide bonds. The van der Waals surface area contributed by atoms with Crippen LogP contribution in [-0.4, -0.2) is 6.29 Å². The number of allylic oxidation sites excluding steroid dienone is 2. The zero-order valence-corrected chi connectivity index (χ0v) is 7.97. The molecule has 0 N–H and O–H groups in total. The van der Waals surface area contributed by atoms with E-state index in [4.69, 9.17) is 0 Å². The summed E-state index contributed by atoms with van der Waals surface area (Å²) in [5.41, 5.74) is 0. The molecule has 0 aromatic rings. The second-order valence-corrected chi connectivity index (χ2v) is 2.02. The second kappa shape index (κ2) is 16.2. The van der Waals surface area contributed by atoms with Gasteiger partial charge >= 0.3 is 0 Å². The fraction of sp³-hybridized carbons (Fsp3) is 0.700. The first-order chi connectivity index (χ1) is 5.41. The van der Waals surface area contributed by atoms with Crippen molar-refractivity contribution >= 4 is 6.29 Å². The van der Waals surface area contributed by atoms with E-state index < -0.39 is 0 Å². The summed E-state index contributed by atoms with van der Waals surface area (Å²) in [5.74, 6) is 0. The molecule has 0 saturated heterocycles. The van der Waals surface area contributed by atoms with Crippen LogP contribution in [0.2, 0.25) is 0 Å². The third-order valence-corrected chi connectivity index (χ3v) is 1.18. The Hall–Kier alpha value is -0.590. The molecule has 0 spiro atoms. The topological polar surface area (TPSA) is 17.1 Å². The molecule has 0 unspecified atom stereocenters. The highest BCUT2D eigenvalue weighted by Gasteiger charge is 1.82. The lowest BCUT2D eigenvalue weighted by atomic mass is 10.2. The highest BCUT2D eigenvalue weighted by Crippen LogP contribution is 1.97. The van der Waals surface area contributed by atoms with Gasteiger partial charge in [0, 0.05) is 6.42 Å². The third-order valence-electron chi connectivity index (χ3n) is 1.18. The lowest BCUT2D eigenvalue weighted by Crippen LogP contribution is -1.75. The van der Waals surface area contributed by atoms with Gasteiger partial charge in [0.15, 0.2) is 0 Å². The van der Waals surface area contributed by atoms with Gasteiger partial charge in [-0.15, -0.1) is 0 Å². The van der Waals surface area contributed by atoms with E-state index in [1.54, 1.807) is 0 Å². The molecule has 0 heterocycles. The van der Waals surface area contributed by atoms with Crippen molar-refractivity contribution < 1.29 is 4.79 Å². The van der Waals surface area contributed by atoms with Gasteiger partial charge in [-0.3, -0.25) is 0 Å². The van der Waals surface area contributed by atoms with E-state index in [2.05, 4.69) is 6.08 Å². The summed E-state index contributed by atoms with van der Waals surface area (Å²) in [6.45, 7) is 6.01. The van der Waals surface area contributed by atoms with Crippen LogP contribution in [0.4, 0.5) is 0 Å². The first kappa shape index (κ1) is 13.0. The molecule has 0 atom stereocenters.